The fraction of sp³-hybridized carbons (Fsp3) is 0.300. The lowest BCUT2D eigenvalue weighted by Crippen LogP contribution is -2.49. The van der Waals surface area contributed by atoms with Crippen LogP contribution in [-0.2, 0) is 16.1 Å². The Morgan fingerprint density at radius 1 is 1.11 bits per heavy atom. The minimum atomic E-state index is -0.706. The zero-order chi connectivity index (χ0) is 20.7. The van der Waals surface area contributed by atoms with Crippen molar-refractivity contribution in [3.05, 3.63) is 63.1 Å². The van der Waals surface area contributed by atoms with Crippen molar-refractivity contribution in [3.8, 4) is 5.75 Å². The van der Waals surface area contributed by atoms with Gasteiger partial charge in [-0.05, 0) is 49.7 Å². The van der Waals surface area contributed by atoms with E-state index in [1.54, 1.807) is 49.4 Å². The van der Waals surface area contributed by atoms with Gasteiger partial charge in [0.25, 0.3) is 5.91 Å². The minimum Gasteiger partial charge on any atom is -0.484 e. The summed E-state index contributed by atoms with van der Waals surface area (Å²) >= 11 is 18.1. The van der Waals surface area contributed by atoms with Crippen LogP contribution in [0.4, 0.5) is 0 Å². The zero-order valence-corrected chi connectivity index (χ0v) is 17.8. The van der Waals surface area contributed by atoms with Crippen LogP contribution >= 0.6 is 34.8 Å². The molecule has 2 aromatic rings. The maximum Gasteiger partial charge on any atom is 0.261 e. The number of hydrogen-bond acceptors (Lipinski definition) is 3. The average Bonchev–Trinajstić information content (AvgIpc) is 2.65. The number of hydrogen-bond donors (Lipinski definition) is 1. The molecule has 0 saturated heterocycles. The van der Waals surface area contributed by atoms with Gasteiger partial charge in [-0.1, -0.05) is 46.9 Å². The summed E-state index contributed by atoms with van der Waals surface area (Å²) in [6, 6.07) is 11.1. The number of nitrogens with one attached hydrogen (secondary N) is 1. The monoisotopic (exact) mass is 442 g/mol. The first-order chi connectivity index (χ1) is 13.3. The Morgan fingerprint density at radius 2 is 1.82 bits per heavy atom. The quantitative estimate of drug-likeness (QED) is 0.650. The van der Waals surface area contributed by atoms with Crippen molar-refractivity contribution in [1.29, 1.82) is 0 Å². The van der Waals surface area contributed by atoms with Crippen LogP contribution in [-0.4, -0.2) is 35.9 Å². The molecule has 0 fully saturated rings. The second-order valence-electron chi connectivity index (χ2n) is 6.07. The molecule has 1 atom stereocenters. The molecule has 2 rings (SSSR count). The fourth-order valence-corrected chi connectivity index (χ4v) is 3.17. The molecular weight excluding hydrogens is 423 g/mol. The van der Waals surface area contributed by atoms with E-state index in [0.29, 0.717) is 32.9 Å². The molecule has 0 heterocycles. The van der Waals surface area contributed by atoms with Crippen molar-refractivity contribution in [3.63, 3.8) is 0 Å². The second kappa shape index (κ2) is 10.6. The van der Waals surface area contributed by atoms with Crippen LogP contribution in [0.15, 0.2) is 42.5 Å². The maximum atomic E-state index is 12.9. The number of nitrogens with zero attached hydrogens (tertiary/aromatic N) is 1. The van der Waals surface area contributed by atoms with E-state index in [1.165, 1.54) is 4.90 Å². The number of halogens is 3. The lowest BCUT2D eigenvalue weighted by Gasteiger charge is -2.29. The van der Waals surface area contributed by atoms with Crippen molar-refractivity contribution in [2.75, 3.05) is 13.2 Å². The van der Waals surface area contributed by atoms with E-state index in [2.05, 4.69) is 5.32 Å². The molecule has 2 amide bonds. The van der Waals surface area contributed by atoms with E-state index < -0.39 is 6.04 Å². The van der Waals surface area contributed by atoms with Crippen LogP contribution < -0.4 is 10.1 Å². The number of rotatable bonds is 8. The van der Waals surface area contributed by atoms with E-state index in [-0.39, 0.29) is 25.0 Å². The van der Waals surface area contributed by atoms with Crippen molar-refractivity contribution in [1.82, 2.24) is 10.2 Å². The van der Waals surface area contributed by atoms with Gasteiger partial charge in [-0.2, -0.15) is 0 Å². The van der Waals surface area contributed by atoms with E-state index in [0.717, 1.165) is 0 Å². The van der Waals surface area contributed by atoms with Gasteiger partial charge in [0.2, 0.25) is 5.91 Å². The smallest absolute Gasteiger partial charge is 0.261 e. The molecule has 0 aliphatic heterocycles. The van der Waals surface area contributed by atoms with Crippen LogP contribution in [0, 0.1) is 0 Å². The highest BCUT2D eigenvalue weighted by Gasteiger charge is 2.26. The predicted octanol–water partition coefficient (Wildman–Crippen LogP) is 4.58. The molecule has 0 spiro atoms. The number of ether oxygens (including phenoxy) is 1. The van der Waals surface area contributed by atoms with E-state index in [1.807, 2.05) is 6.92 Å². The van der Waals surface area contributed by atoms with Crippen molar-refractivity contribution in [2.45, 2.75) is 26.4 Å². The number of amides is 2. The Bertz CT molecular complexity index is 845. The van der Waals surface area contributed by atoms with Gasteiger partial charge >= 0.3 is 0 Å². The van der Waals surface area contributed by atoms with Gasteiger partial charge in [-0.15, -0.1) is 0 Å². The minimum absolute atomic E-state index is 0.145. The van der Waals surface area contributed by atoms with Gasteiger partial charge in [-0.25, -0.2) is 0 Å². The second-order valence-corrected chi connectivity index (χ2v) is 7.35. The normalized spacial score (nSPS) is 11.6. The highest BCUT2D eigenvalue weighted by atomic mass is 35.5. The lowest BCUT2D eigenvalue weighted by molar-refractivity contribution is -0.142. The highest BCUT2D eigenvalue weighted by Crippen LogP contribution is 2.23. The molecule has 28 heavy (non-hydrogen) atoms. The first kappa shape index (κ1) is 22.3. The molecular formula is C20H21Cl3N2O3. The maximum absolute atomic E-state index is 12.9. The highest BCUT2D eigenvalue weighted by molar-refractivity contribution is 6.35. The number of carbonyl (C=O) groups is 2. The number of benzene rings is 2. The summed E-state index contributed by atoms with van der Waals surface area (Å²) in [6.45, 7) is 3.84. The Balaban J connectivity index is 2.18. The first-order valence-electron chi connectivity index (χ1n) is 8.71. The van der Waals surface area contributed by atoms with Crippen molar-refractivity contribution in [2.24, 2.45) is 0 Å². The summed E-state index contributed by atoms with van der Waals surface area (Å²) in [5.74, 6) is -0.149. The van der Waals surface area contributed by atoms with Crippen LogP contribution in [0.1, 0.15) is 19.4 Å². The van der Waals surface area contributed by atoms with Gasteiger partial charge in [0.1, 0.15) is 11.8 Å². The summed E-state index contributed by atoms with van der Waals surface area (Å²) < 4.78 is 5.55. The summed E-state index contributed by atoms with van der Waals surface area (Å²) in [5, 5.41) is 4.15. The molecule has 0 bridgehead atoms. The van der Waals surface area contributed by atoms with Crippen LogP contribution in [0.2, 0.25) is 15.1 Å². The first-order valence-corrected chi connectivity index (χ1v) is 9.84. The molecule has 0 aromatic heterocycles. The van der Waals surface area contributed by atoms with Gasteiger partial charge in [0.05, 0.1) is 0 Å². The van der Waals surface area contributed by atoms with Crippen LogP contribution in [0.25, 0.3) is 0 Å². The zero-order valence-electron chi connectivity index (χ0n) is 15.5. The van der Waals surface area contributed by atoms with Crippen molar-refractivity contribution >= 4 is 46.6 Å². The van der Waals surface area contributed by atoms with Crippen molar-refractivity contribution < 1.29 is 14.3 Å². The van der Waals surface area contributed by atoms with E-state index in [4.69, 9.17) is 39.5 Å². The standard InChI is InChI=1S/C20H21Cl3N2O3/c1-3-24-20(27)13(2)25(11-14-7-8-16(22)10-18(14)23)19(26)12-28-17-6-4-5-15(21)9-17/h4-10,13H,3,11-12H2,1-2H3,(H,24,27)/t13-/m1/s1. The van der Waals surface area contributed by atoms with E-state index in [9.17, 15) is 9.59 Å². The SMILES string of the molecule is CCNC(=O)[C@@H](C)N(Cc1ccc(Cl)cc1Cl)C(=O)COc1cccc(Cl)c1. The topological polar surface area (TPSA) is 58.6 Å². The van der Waals surface area contributed by atoms with Crippen LogP contribution in [0.5, 0.6) is 5.75 Å². The van der Waals surface area contributed by atoms with Gasteiger partial charge in [0, 0.05) is 28.2 Å². The molecule has 0 unspecified atom stereocenters. The molecule has 2 aromatic carbocycles. The van der Waals surface area contributed by atoms with Crippen LogP contribution in [0.3, 0.4) is 0 Å². The average molecular weight is 444 g/mol. The Kier molecular flexibility index (Phi) is 8.42. The number of carbonyl (C=O) groups excluding carboxylic acids is 2. The molecule has 0 aliphatic carbocycles. The summed E-state index contributed by atoms with van der Waals surface area (Å²) in [7, 11) is 0. The molecule has 150 valence electrons. The predicted molar refractivity (Wildman–Crippen MR) is 112 cm³/mol. The Labute approximate surface area is 179 Å². The molecule has 1 N–H and O–H groups in total. The molecule has 0 saturated carbocycles. The fourth-order valence-electron chi connectivity index (χ4n) is 2.52. The van der Waals surface area contributed by atoms with Gasteiger partial charge < -0.3 is 15.0 Å². The molecule has 8 heteroatoms. The molecule has 0 aliphatic rings. The third-order valence-electron chi connectivity index (χ3n) is 4.03. The Hall–Kier alpha value is -1.95. The molecule has 5 nitrogen and oxygen atoms in total. The summed E-state index contributed by atoms with van der Waals surface area (Å²) in [5.41, 5.74) is 0.679. The van der Waals surface area contributed by atoms with E-state index >= 15 is 0 Å². The summed E-state index contributed by atoms with van der Waals surface area (Å²) in [6.07, 6.45) is 0. The third-order valence-corrected chi connectivity index (χ3v) is 4.85. The molecule has 0 radical (unpaired) electrons. The Morgan fingerprint density at radius 3 is 2.46 bits per heavy atom. The largest absolute Gasteiger partial charge is 0.484 e. The lowest BCUT2D eigenvalue weighted by atomic mass is 10.1. The summed E-state index contributed by atoms with van der Waals surface area (Å²) in [4.78, 5) is 26.6. The third kappa shape index (κ3) is 6.30. The van der Waals surface area contributed by atoms with Gasteiger partial charge in [-0.3, -0.25) is 9.59 Å². The number of likely N-dealkylation sites (N-methyl/N-ethyl adjacent to an activating group) is 1. The van der Waals surface area contributed by atoms with Gasteiger partial charge in [0.15, 0.2) is 6.61 Å².